The third-order valence-electron chi connectivity index (χ3n) is 4.16. The number of hydrogen-bond donors (Lipinski definition) is 0. The van der Waals surface area contributed by atoms with Crippen LogP contribution < -0.4 is 4.74 Å². The summed E-state index contributed by atoms with van der Waals surface area (Å²) < 4.78 is 11.0. The smallest absolute Gasteiger partial charge is 0.119 e. The number of methoxy groups -OCH3 is 1. The molecule has 118 valence electrons. The topological polar surface area (TPSA) is 24.9 Å². The van der Waals surface area contributed by atoms with Crippen molar-refractivity contribution in [2.45, 2.75) is 19.4 Å². The van der Waals surface area contributed by atoms with E-state index in [0.29, 0.717) is 6.04 Å². The van der Waals surface area contributed by atoms with Crippen LogP contribution in [0, 0.1) is 0 Å². The minimum atomic E-state index is 0.644. The van der Waals surface area contributed by atoms with E-state index in [1.54, 1.807) is 7.11 Å². The van der Waals surface area contributed by atoms with E-state index in [2.05, 4.69) is 16.7 Å². The average molecular weight is 292 g/mol. The fourth-order valence-corrected chi connectivity index (χ4v) is 2.86. The molecule has 0 saturated carbocycles. The van der Waals surface area contributed by atoms with E-state index >= 15 is 0 Å². The van der Waals surface area contributed by atoms with Gasteiger partial charge in [-0.1, -0.05) is 25.1 Å². The molecule has 4 heteroatoms. The molecular formula is C17H28N2O2. The van der Waals surface area contributed by atoms with Crippen LogP contribution in [0.15, 0.2) is 30.3 Å². The van der Waals surface area contributed by atoms with E-state index in [1.807, 2.05) is 30.3 Å². The maximum atomic E-state index is 5.79. The number of hydrogen-bond acceptors (Lipinski definition) is 4. The average Bonchev–Trinajstić information content (AvgIpc) is 2.54. The number of benzene rings is 1. The molecule has 0 amide bonds. The molecule has 0 spiro atoms. The molecule has 0 radical (unpaired) electrons. The molecule has 1 saturated heterocycles. The molecule has 1 aromatic rings. The molecule has 0 aliphatic carbocycles. The molecule has 4 nitrogen and oxygen atoms in total. The van der Waals surface area contributed by atoms with Crippen LogP contribution in [0.3, 0.4) is 0 Å². The highest BCUT2D eigenvalue weighted by Crippen LogP contribution is 2.13. The van der Waals surface area contributed by atoms with Crippen molar-refractivity contribution in [3.05, 3.63) is 30.3 Å². The quantitative estimate of drug-likeness (QED) is 0.732. The van der Waals surface area contributed by atoms with Gasteiger partial charge in [0.25, 0.3) is 0 Å². The van der Waals surface area contributed by atoms with Crippen molar-refractivity contribution in [2.75, 3.05) is 53.0 Å². The van der Waals surface area contributed by atoms with E-state index in [-0.39, 0.29) is 0 Å². The maximum absolute atomic E-state index is 5.79. The van der Waals surface area contributed by atoms with E-state index in [9.17, 15) is 0 Å². The van der Waals surface area contributed by atoms with Gasteiger partial charge in [-0.25, -0.2) is 0 Å². The van der Waals surface area contributed by atoms with Crippen molar-refractivity contribution >= 4 is 0 Å². The Balaban J connectivity index is 1.70. The lowest BCUT2D eigenvalue weighted by molar-refractivity contribution is 0.0444. The summed E-state index contributed by atoms with van der Waals surface area (Å²) in [7, 11) is 1.78. The van der Waals surface area contributed by atoms with Crippen LogP contribution in [0.1, 0.15) is 13.3 Å². The van der Waals surface area contributed by atoms with Gasteiger partial charge in [0.05, 0.1) is 6.61 Å². The van der Waals surface area contributed by atoms with E-state index in [4.69, 9.17) is 9.47 Å². The van der Waals surface area contributed by atoms with Gasteiger partial charge in [0, 0.05) is 45.9 Å². The Bertz CT molecular complexity index is 386. The molecule has 21 heavy (non-hydrogen) atoms. The normalized spacial score (nSPS) is 20.6. The zero-order valence-electron chi connectivity index (χ0n) is 13.3. The van der Waals surface area contributed by atoms with E-state index in [0.717, 1.165) is 51.7 Å². The highest BCUT2D eigenvalue weighted by molar-refractivity contribution is 5.20. The minimum Gasteiger partial charge on any atom is -0.492 e. The number of para-hydroxylation sites is 1. The molecule has 1 aliphatic rings. The van der Waals surface area contributed by atoms with Gasteiger partial charge in [-0.2, -0.15) is 0 Å². The molecule has 2 rings (SSSR count). The minimum absolute atomic E-state index is 0.644. The molecule has 0 bridgehead atoms. The van der Waals surface area contributed by atoms with E-state index < -0.39 is 0 Å². The standard InChI is InChI=1S/C17H28N2O2/c1-3-16-15-18(9-10-19(16)12-13-20-2)11-14-21-17-7-5-4-6-8-17/h4-8,16H,3,9-15H2,1-2H3/t16-/m0/s1. The molecule has 0 N–H and O–H groups in total. The van der Waals surface area contributed by atoms with Crippen LogP contribution in [-0.4, -0.2) is 68.9 Å². The first-order chi connectivity index (χ1) is 10.3. The summed E-state index contributed by atoms with van der Waals surface area (Å²) in [6, 6.07) is 10.7. The van der Waals surface area contributed by atoms with Crippen molar-refractivity contribution in [1.82, 2.24) is 9.80 Å². The Morgan fingerprint density at radius 3 is 2.62 bits per heavy atom. The summed E-state index contributed by atoms with van der Waals surface area (Å²) in [5, 5.41) is 0. The number of ether oxygens (including phenoxy) is 2. The van der Waals surface area contributed by atoms with Crippen molar-refractivity contribution < 1.29 is 9.47 Å². The zero-order valence-corrected chi connectivity index (χ0v) is 13.3. The van der Waals surface area contributed by atoms with Crippen LogP contribution >= 0.6 is 0 Å². The summed E-state index contributed by atoms with van der Waals surface area (Å²) in [5.74, 6) is 0.961. The Morgan fingerprint density at radius 2 is 1.90 bits per heavy atom. The summed E-state index contributed by atoms with van der Waals surface area (Å²) in [6.07, 6.45) is 1.19. The first-order valence-electron chi connectivity index (χ1n) is 7.96. The second kappa shape index (κ2) is 9.03. The lowest BCUT2D eigenvalue weighted by Gasteiger charge is -2.41. The largest absolute Gasteiger partial charge is 0.492 e. The van der Waals surface area contributed by atoms with Crippen molar-refractivity contribution in [3.63, 3.8) is 0 Å². The van der Waals surface area contributed by atoms with Crippen molar-refractivity contribution in [1.29, 1.82) is 0 Å². The fourth-order valence-electron chi connectivity index (χ4n) is 2.86. The number of nitrogens with zero attached hydrogens (tertiary/aromatic N) is 2. The Labute approximate surface area is 128 Å². The predicted octanol–water partition coefficient (Wildman–Crippen LogP) is 2.11. The second-order valence-corrected chi connectivity index (χ2v) is 5.55. The molecule has 1 fully saturated rings. The predicted molar refractivity (Wildman–Crippen MR) is 85.9 cm³/mol. The first kappa shape index (κ1) is 16.3. The zero-order chi connectivity index (χ0) is 14.9. The molecular weight excluding hydrogens is 264 g/mol. The highest BCUT2D eigenvalue weighted by Gasteiger charge is 2.24. The van der Waals surface area contributed by atoms with Crippen LogP contribution in [0.25, 0.3) is 0 Å². The number of piperazine rings is 1. The molecule has 1 atom stereocenters. The summed E-state index contributed by atoms with van der Waals surface area (Å²) in [4.78, 5) is 5.07. The van der Waals surface area contributed by atoms with Crippen LogP contribution in [0.2, 0.25) is 0 Å². The molecule has 1 aliphatic heterocycles. The SMILES string of the molecule is CC[C@H]1CN(CCOc2ccccc2)CCN1CCOC. The molecule has 0 unspecified atom stereocenters. The van der Waals surface area contributed by atoms with Gasteiger partial charge in [0.15, 0.2) is 0 Å². The van der Waals surface area contributed by atoms with Crippen LogP contribution in [0.5, 0.6) is 5.75 Å². The van der Waals surface area contributed by atoms with Gasteiger partial charge in [0.2, 0.25) is 0 Å². The lowest BCUT2D eigenvalue weighted by atomic mass is 10.1. The molecule has 1 heterocycles. The van der Waals surface area contributed by atoms with Crippen molar-refractivity contribution in [2.24, 2.45) is 0 Å². The van der Waals surface area contributed by atoms with Gasteiger partial charge < -0.3 is 9.47 Å². The van der Waals surface area contributed by atoms with Gasteiger partial charge >= 0.3 is 0 Å². The summed E-state index contributed by atoms with van der Waals surface area (Å²) in [6.45, 7) is 9.30. The first-order valence-corrected chi connectivity index (χ1v) is 7.96. The van der Waals surface area contributed by atoms with Crippen LogP contribution in [0.4, 0.5) is 0 Å². The fraction of sp³-hybridized carbons (Fsp3) is 0.647. The van der Waals surface area contributed by atoms with Crippen molar-refractivity contribution in [3.8, 4) is 5.75 Å². The third-order valence-corrected chi connectivity index (χ3v) is 4.16. The second-order valence-electron chi connectivity index (χ2n) is 5.55. The Kier molecular flexibility index (Phi) is 7.00. The molecule has 1 aromatic carbocycles. The van der Waals surface area contributed by atoms with Gasteiger partial charge in [-0.3, -0.25) is 9.80 Å². The van der Waals surface area contributed by atoms with Crippen LogP contribution in [-0.2, 0) is 4.74 Å². The maximum Gasteiger partial charge on any atom is 0.119 e. The molecule has 0 aromatic heterocycles. The lowest BCUT2D eigenvalue weighted by Crippen LogP contribution is -2.54. The van der Waals surface area contributed by atoms with E-state index in [1.165, 1.54) is 6.42 Å². The Hall–Kier alpha value is -1.10. The third kappa shape index (κ3) is 5.30. The van der Waals surface area contributed by atoms with Gasteiger partial charge in [-0.05, 0) is 18.6 Å². The Morgan fingerprint density at radius 1 is 1.10 bits per heavy atom. The van der Waals surface area contributed by atoms with Gasteiger partial charge in [0.1, 0.15) is 12.4 Å². The van der Waals surface area contributed by atoms with Gasteiger partial charge in [-0.15, -0.1) is 0 Å². The number of rotatable bonds is 8. The summed E-state index contributed by atoms with van der Waals surface area (Å²) in [5.41, 5.74) is 0. The monoisotopic (exact) mass is 292 g/mol. The highest BCUT2D eigenvalue weighted by atomic mass is 16.5. The summed E-state index contributed by atoms with van der Waals surface area (Å²) >= 11 is 0.